The number of hydrogen-bond acceptors (Lipinski definition) is 1. The Labute approximate surface area is 104 Å². The largest absolute Gasteiger partial charge is 0.358 e. The summed E-state index contributed by atoms with van der Waals surface area (Å²) in [5.41, 5.74) is -1.80. The van der Waals surface area contributed by atoms with Crippen molar-refractivity contribution < 1.29 is 31.4 Å². The molecule has 1 aromatic rings. The zero-order valence-corrected chi connectivity index (χ0v) is 9.62. The molecule has 2 rings (SSSR count). The Balaban J connectivity index is 2.61. The van der Waals surface area contributed by atoms with Gasteiger partial charge < -0.3 is 5.11 Å². The molecular weight excluding hydrogens is 274 g/mol. The van der Waals surface area contributed by atoms with E-state index in [4.69, 9.17) is 0 Å². The van der Waals surface area contributed by atoms with Crippen LogP contribution in [-0.2, 0) is 5.85 Å². The van der Waals surface area contributed by atoms with E-state index in [9.17, 15) is 31.4 Å². The Bertz CT molecular complexity index is 478. The third-order valence-corrected chi connectivity index (χ3v) is 3.46. The Kier molecular flexibility index (Phi) is 3.51. The predicted molar refractivity (Wildman–Crippen MR) is 53.2 cm³/mol. The summed E-state index contributed by atoms with van der Waals surface area (Å²) in [5.74, 6) is -16.3. The van der Waals surface area contributed by atoms with Gasteiger partial charge in [-0.2, -0.15) is 0 Å². The molecule has 7 heteroatoms. The lowest BCUT2D eigenvalue weighted by molar-refractivity contribution is -0.147. The van der Waals surface area contributed by atoms with Gasteiger partial charge in [-0.15, -0.1) is 0 Å². The van der Waals surface area contributed by atoms with Crippen molar-refractivity contribution in [2.24, 2.45) is 5.92 Å². The minimum atomic E-state index is -3.57. The number of benzene rings is 1. The van der Waals surface area contributed by atoms with Crippen molar-refractivity contribution in [1.82, 2.24) is 0 Å². The molecule has 106 valence electrons. The fourth-order valence-corrected chi connectivity index (χ4v) is 2.43. The molecule has 0 heterocycles. The van der Waals surface area contributed by atoms with Crippen molar-refractivity contribution >= 4 is 0 Å². The Morgan fingerprint density at radius 3 is 1.58 bits per heavy atom. The number of aliphatic hydroxyl groups is 1. The summed E-state index contributed by atoms with van der Waals surface area (Å²) >= 11 is 0. The highest BCUT2D eigenvalue weighted by molar-refractivity contribution is 5.28. The maximum atomic E-state index is 14.2. The lowest BCUT2D eigenvalue weighted by atomic mass is 9.90. The molecule has 1 N–H and O–H groups in total. The summed E-state index contributed by atoms with van der Waals surface area (Å²) in [7, 11) is 0. The molecule has 0 unspecified atom stereocenters. The quantitative estimate of drug-likeness (QED) is 0.499. The zero-order chi connectivity index (χ0) is 14.4. The van der Waals surface area contributed by atoms with Crippen LogP contribution in [0.1, 0.15) is 31.2 Å². The third-order valence-electron chi connectivity index (χ3n) is 3.46. The molecule has 1 atom stereocenters. The van der Waals surface area contributed by atoms with E-state index < -0.39 is 46.4 Å². The lowest BCUT2D eigenvalue weighted by Gasteiger charge is -2.27. The van der Waals surface area contributed by atoms with Crippen LogP contribution < -0.4 is 0 Å². The van der Waals surface area contributed by atoms with Gasteiger partial charge >= 0.3 is 0 Å². The normalized spacial score (nSPS) is 19.7. The minimum absolute atomic E-state index is 0.118. The van der Waals surface area contributed by atoms with Crippen LogP contribution in [-0.4, -0.2) is 5.11 Å². The molecule has 1 fully saturated rings. The molecule has 1 saturated carbocycles. The smallest absolute Gasteiger partial charge is 0.241 e. The van der Waals surface area contributed by atoms with Crippen LogP contribution in [0.3, 0.4) is 0 Å². The van der Waals surface area contributed by atoms with E-state index >= 15 is 0 Å². The fraction of sp³-hybridized carbons (Fsp3) is 0.500. The molecule has 1 aliphatic rings. The van der Waals surface area contributed by atoms with Gasteiger partial charge in [-0.05, 0) is 12.8 Å². The molecule has 0 bridgehead atoms. The number of hydrogen-bond donors (Lipinski definition) is 1. The van der Waals surface area contributed by atoms with Crippen LogP contribution in [0.15, 0.2) is 0 Å². The van der Waals surface area contributed by atoms with E-state index in [2.05, 4.69) is 0 Å². The second-order valence-electron chi connectivity index (χ2n) is 4.60. The van der Waals surface area contributed by atoms with Crippen molar-refractivity contribution in [3.8, 4) is 0 Å². The van der Waals surface area contributed by atoms with E-state index in [0.717, 1.165) is 0 Å². The second kappa shape index (κ2) is 4.70. The van der Waals surface area contributed by atoms with Crippen LogP contribution in [0.4, 0.5) is 26.3 Å². The van der Waals surface area contributed by atoms with Gasteiger partial charge in [-0.3, -0.25) is 0 Å². The summed E-state index contributed by atoms with van der Waals surface area (Å²) in [4.78, 5) is 0. The van der Waals surface area contributed by atoms with Gasteiger partial charge in [-0.1, -0.05) is 12.8 Å². The van der Waals surface area contributed by atoms with Crippen molar-refractivity contribution in [1.29, 1.82) is 0 Å². The summed E-state index contributed by atoms with van der Waals surface area (Å²) < 4.78 is 79.8. The van der Waals surface area contributed by atoms with Gasteiger partial charge in [0, 0.05) is 5.92 Å². The molecule has 1 aliphatic carbocycles. The summed E-state index contributed by atoms with van der Waals surface area (Å²) in [6.07, 6.45) is 1.28. The van der Waals surface area contributed by atoms with Crippen molar-refractivity contribution in [2.75, 3.05) is 0 Å². The SMILES string of the molecule is O[C@](F)(c1c(F)c(F)c(F)c(F)c1F)C1CCCC1. The van der Waals surface area contributed by atoms with E-state index in [1.54, 1.807) is 0 Å². The van der Waals surface area contributed by atoms with Crippen LogP contribution in [0.2, 0.25) is 0 Å². The molecule has 0 aromatic heterocycles. The molecule has 0 spiro atoms. The maximum absolute atomic E-state index is 14.2. The lowest BCUT2D eigenvalue weighted by Crippen LogP contribution is -2.32. The average Bonchev–Trinajstić information content (AvgIpc) is 2.88. The number of rotatable bonds is 2. The first kappa shape index (κ1) is 14.2. The molecule has 0 saturated heterocycles. The monoisotopic (exact) mass is 284 g/mol. The first-order chi connectivity index (χ1) is 8.78. The van der Waals surface area contributed by atoms with E-state index in [-0.39, 0.29) is 12.8 Å². The standard InChI is InChI=1S/C12H10F6O/c13-7-6(8(14)10(16)11(17)9(7)15)12(18,19)5-3-1-2-4-5/h5,19H,1-4H2/t12-/m0/s1. The van der Waals surface area contributed by atoms with E-state index in [1.165, 1.54) is 0 Å². The number of halogens is 6. The molecule has 0 amide bonds. The topological polar surface area (TPSA) is 20.2 Å². The van der Waals surface area contributed by atoms with E-state index in [0.29, 0.717) is 12.8 Å². The second-order valence-corrected chi connectivity index (χ2v) is 4.60. The summed E-state index contributed by atoms with van der Waals surface area (Å²) in [6, 6.07) is 0. The highest BCUT2D eigenvalue weighted by Crippen LogP contribution is 2.44. The van der Waals surface area contributed by atoms with Gasteiger partial charge in [0.05, 0.1) is 5.56 Å². The van der Waals surface area contributed by atoms with Gasteiger partial charge in [-0.25, -0.2) is 26.3 Å². The van der Waals surface area contributed by atoms with Crippen LogP contribution >= 0.6 is 0 Å². The van der Waals surface area contributed by atoms with Crippen LogP contribution in [0.5, 0.6) is 0 Å². The highest BCUT2D eigenvalue weighted by Gasteiger charge is 2.46. The summed E-state index contributed by atoms with van der Waals surface area (Å²) in [6.45, 7) is 0. The van der Waals surface area contributed by atoms with E-state index in [1.807, 2.05) is 0 Å². The molecule has 0 aliphatic heterocycles. The van der Waals surface area contributed by atoms with Gasteiger partial charge in [0.1, 0.15) is 0 Å². The molecular formula is C12H10F6O. The minimum Gasteiger partial charge on any atom is -0.358 e. The Morgan fingerprint density at radius 1 is 0.789 bits per heavy atom. The molecule has 1 nitrogen and oxygen atoms in total. The van der Waals surface area contributed by atoms with Crippen molar-refractivity contribution in [3.05, 3.63) is 34.6 Å². The highest BCUT2D eigenvalue weighted by atomic mass is 19.2. The van der Waals surface area contributed by atoms with Crippen molar-refractivity contribution in [3.63, 3.8) is 0 Å². The van der Waals surface area contributed by atoms with Gasteiger partial charge in [0.15, 0.2) is 23.3 Å². The molecule has 19 heavy (non-hydrogen) atoms. The van der Waals surface area contributed by atoms with Crippen LogP contribution in [0.25, 0.3) is 0 Å². The first-order valence-corrected chi connectivity index (χ1v) is 5.71. The Morgan fingerprint density at radius 2 is 1.16 bits per heavy atom. The Hall–Kier alpha value is -1.24. The summed E-state index contributed by atoms with van der Waals surface area (Å²) in [5, 5.41) is 9.58. The van der Waals surface area contributed by atoms with Gasteiger partial charge in [0.2, 0.25) is 11.7 Å². The predicted octanol–water partition coefficient (Wildman–Crippen LogP) is 3.69. The van der Waals surface area contributed by atoms with Crippen LogP contribution in [0, 0.1) is 35.0 Å². The third kappa shape index (κ3) is 2.09. The zero-order valence-electron chi connectivity index (χ0n) is 9.62. The maximum Gasteiger partial charge on any atom is 0.241 e. The molecule has 1 aromatic carbocycles. The molecule has 0 radical (unpaired) electrons. The first-order valence-electron chi connectivity index (χ1n) is 5.71. The average molecular weight is 284 g/mol. The fourth-order valence-electron chi connectivity index (χ4n) is 2.43. The van der Waals surface area contributed by atoms with Gasteiger partial charge in [0.25, 0.3) is 0 Å². The van der Waals surface area contributed by atoms with Crippen molar-refractivity contribution in [2.45, 2.75) is 31.5 Å². The number of alkyl halides is 1.